The molecule has 3 aliphatic heterocycles. The Morgan fingerprint density at radius 2 is 1.65 bits per heavy atom. The molecule has 3 aliphatic rings. The van der Waals surface area contributed by atoms with Crippen molar-refractivity contribution in [3.8, 4) is 11.4 Å². The van der Waals surface area contributed by atoms with Crippen LogP contribution in [0.3, 0.4) is 0 Å². The number of ether oxygens (including phenoxy) is 2. The summed E-state index contributed by atoms with van der Waals surface area (Å²) >= 11 is 3.59. The molecule has 5 amide bonds. The van der Waals surface area contributed by atoms with Crippen LogP contribution in [0.5, 0.6) is 0 Å². The SMILES string of the molecule is CC[C@@]1(OC(=O)CC(C)(C)CNC(=O)[C@H](CC(C)C)NC(=O)[C@H](Cc2ccccc2)NC(=O)CCCCCN2C(=O)C=CC2=O)C(=O)OCc2c1cc1n(c2=O)Cc2cc3c(Br)cccc3nc2-1. The van der Waals surface area contributed by atoms with Crippen LogP contribution >= 0.6 is 15.9 Å². The first-order chi connectivity index (χ1) is 32.4. The maximum absolute atomic E-state index is 14.1. The van der Waals surface area contributed by atoms with Crippen LogP contribution in [-0.2, 0) is 68.2 Å². The van der Waals surface area contributed by atoms with Crippen molar-refractivity contribution in [3.63, 3.8) is 0 Å². The summed E-state index contributed by atoms with van der Waals surface area (Å²) < 4.78 is 14.1. The van der Waals surface area contributed by atoms with Crippen LogP contribution in [0.25, 0.3) is 22.3 Å². The van der Waals surface area contributed by atoms with Crippen molar-refractivity contribution in [2.24, 2.45) is 11.3 Å². The summed E-state index contributed by atoms with van der Waals surface area (Å²) in [5.74, 6) is -3.63. The standard InChI is InChI=1S/C51H57BrN6O10/c1-6-51(35-25-40-45-32(24-33-36(52)16-13-17-37(33)55-45)27-58(40)48(65)34(35)28-67-49(51)66)68-44(62)26-50(4,5)29-53-46(63)38(22-30(2)3)56-47(64)39(23-31-14-9-7-10-15-31)54-41(59)18-11-8-12-21-57-42(60)19-20-43(57)61/h7,9-10,13-17,19-20,24-25,30,38-39H,6,8,11-12,18,21-23,26-29H2,1-5H3,(H,53,63)(H,54,59)(H,56,64)/t38-,39-,51-/m0/s1. The lowest BCUT2D eigenvalue weighted by atomic mass is 9.84. The number of aromatic nitrogens is 2. The summed E-state index contributed by atoms with van der Waals surface area (Å²) in [4.78, 5) is 113. The first-order valence-electron chi connectivity index (χ1n) is 23.1. The molecular formula is C51H57BrN6O10. The molecule has 2 aromatic heterocycles. The first kappa shape index (κ1) is 49.4. The predicted molar refractivity (Wildman–Crippen MR) is 255 cm³/mol. The monoisotopic (exact) mass is 992 g/mol. The van der Waals surface area contributed by atoms with E-state index in [2.05, 4.69) is 31.9 Å². The van der Waals surface area contributed by atoms with Crippen molar-refractivity contribution in [3.05, 3.63) is 110 Å². The number of esters is 2. The van der Waals surface area contributed by atoms with Crippen molar-refractivity contribution in [2.75, 3.05) is 13.1 Å². The number of cyclic esters (lactones) is 1. The van der Waals surface area contributed by atoms with E-state index in [1.165, 1.54) is 12.2 Å². The number of unbranched alkanes of at least 4 members (excludes halogenated alkanes) is 2. The number of hydrogen-bond donors (Lipinski definition) is 3. The highest BCUT2D eigenvalue weighted by molar-refractivity contribution is 9.10. The van der Waals surface area contributed by atoms with Gasteiger partial charge in [-0.05, 0) is 66.8 Å². The predicted octanol–water partition coefficient (Wildman–Crippen LogP) is 5.67. The van der Waals surface area contributed by atoms with Crippen molar-refractivity contribution in [1.82, 2.24) is 30.4 Å². The number of amides is 5. The largest absolute Gasteiger partial charge is 0.457 e. The van der Waals surface area contributed by atoms with E-state index in [-0.39, 0.29) is 98.7 Å². The molecule has 3 N–H and O–H groups in total. The lowest BCUT2D eigenvalue weighted by Crippen LogP contribution is -2.55. The smallest absolute Gasteiger partial charge is 0.355 e. The van der Waals surface area contributed by atoms with Crippen molar-refractivity contribution >= 4 is 68.3 Å². The van der Waals surface area contributed by atoms with Crippen LogP contribution in [0, 0.1) is 11.3 Å². The lowest BCUT2D eigenvalue weighted by molar-refractivity contribution is -0.190. The molecule has 0 saturated heterocycles. The molecular weight excluding hydrogens is 936 g/mol. The highest BCUT2D eigenvalue weighted by Gasteiger charge is 2.51. The van der Waals surface area contributed by atoms with E-state index < -0.39 is 46.9 Å². The van der Waals surface area contributed by atoms with E-state index in [1.807, 2.05) is 68.4 Å². The zero-order valence-corrected chi connectivity index (χ0v) is 40.5. The maximum Gasteiger partial charge on any atom is 0.355 e. The van der Waals surface area contributed by atoms with E-state index in [9.17, 15) is 38.4 Å². The summed E-state index contributed by atoms with van der Waals surface area (Å²) in [7, 11) is 0. The second kappa shape index (κ2) is 20.8. The first-order valence-corrected chi connectivity index (χ1v) is 23.9. The van der Waals surface area contributed by atoms with Gasteiger partial charge in [0.15, 0.2) is 0 Å². The van der Waals surface area contributed by atoms with Crippen LogP contribution in [0.2, 0.25) is 0 Å². The molecule has 0 fully saturated rings. The van der Waals surface area contributed by atoms with Crippen molar-refractivity contribution < 1.29 is 43.0 Å². The van der Waals surface area contributed by atoms with Gasteiger partial charge in [0.05, 0.1) is 35.4 Å². The van der Waals surface area contributed by atoms with Crippen LogP contribution in [0.1, 0.15) is 102 Å². The summed E-state index contributed by atoms with van der Waals surface area (Å²) in [6, 6.07) is 16.6. The third kappa shape index (κ3) is 10.9. The molecule has 7 rings (SSSR count). The number of nitrogens with one attached hydrogen (secondary N) is 3. The molecule has 358 valence electrons. The molecule has 4 aromatic rings. The topological polar surface area (TPSA) is 212 Å². The Labute approximate surface area is 402 Å². The van der Waals surface area contributed by atoms with Gasteiger partial charge in [0.2, 0.25) is 23.3 Å². The molecule has 5 heterocycles. The molecule has 16 nitrogen and oxygen atoms in total. The molecule has 0 bridgehead atoms. The molecule has 68 heavy (non-hydrogen) atoms. The number of nitrogens with zero attached hydrogens (tertiary/aromatic N) is 3. The number of fused-ring (bicyclic) bond motifs is 5. The van der Waals surface area contributed by atoms with Crippen molar-refractivity contribution in [1.29, 1.82) is 0 Å². The van der Waals surface area contributed by atoms with Crippen LogP contribution in [0.15, 0.2) is 82.1 Å². The fraction of sp³-hybridized carbons (Fsp3) is 0.431. The van der Waals surface area contributed by atoms with Gasteiger partial charge < -0.3 is 30.0 Å². The van der Waals surface area contributed by atoms with E-state index >= 15 is 0 Å². The van der Waals surface area contributed by atoms with Gasteiger partial charge in [-0.25, -0.2) is 9.78 Å². The minimum absolute atomic E-state index is 0.00624. The zero-order chi connectivity index (χ0) is 48.9. The lowest BCUT2D eigenvalue weighted by Gasteiger charge is -2.36. The highest BCUT2D eigenvalue weighted by atomic mass is 79.9. The number of rotatable bonds is 20. The highest BCUT2D eigenvalue weighted by Crippen LogP contribution is 2.42. The Morgan fingerprint density at radius 1 is 0.912 bits per heavy atom. The van der Waals surface area contributed by atoms with E-state index in [1.54, 1.807) is 31.4 Å². The van der Waals surface area contributed by atoms with E-state index in [0.717, 1.165) is 31.4 Å². The molecule has 3 atom stereocenters. The number of halogens is 1. The number of carbonyl (C=O) groups is 7. The van der Waals surface area contributed by atoms with Gasteiger partial charge in [-0.2, -0.15) is 0 Å². The Balaban J connectivity index is 0.993. The molecule has 0 unspecified atom stereocenters. The van der Waals surface area contributed by atoms with Crippen LogP contribution in [0.4, 0.5) is 0 Å². The molecule has 0 aliphatic carbocycles. The van der Waals surface area contributed by atoms with Crippen molar-refractivity contribution in [2.45, 2.75) is 117 Å². The fourth-order valence-corrected chi connectivity index (χ4v) is 9.41. The van der Waals surface area contributed by atoms with E-state index in [0.29, 0.717) is 30.7 Å². The average Bonchev–Trinajstić information content (AvgIpc) is 3.82. The number of carbonyl (C=O) groups excluding carboxylic acids is 7. The second-order valence-electron chi connectivity index (χ2n) is 18.9. The molecule has 2 aromatic carbocycles. The van der Waals surface area contributed by atoms with Gasteiger partial charge in [0.25, 0.3) is 17.4 Å². The number of hydrogen-bond acceptors (Lipinski definition) is 11. The summed E-state index contributed by atoms with van der Waals surface area (Å²) in [6.07, 6.45) is 4.37. The average molecular weight is 994 g/mol. The summed E-state index contributed by atoms with van der Waals surface area (Å²) in [5.41, 5.74) is 0.756. The minimum atomic E-state index is -1.91. The van der Waals surface area contributed by atoms with Crippen LogP contribution < -0.4 is 21.5 Å². The molecule has 17 heteroatoms. The molecule has 0 radical (unpaired) electrons. The van der Waals surface area contributed by atoms with Gasteiger partial charge in [0, 0.05) is 59.1 Å². The normalized spacial score (nSPS) is 17.0. The van der Waals surface area contributed by atoms with E-state index in [4.69, 9.17) is 14.5 Å². The van der Waals surface area contributed by atoms with Gasteiger partial charge in [0.1, 0.15) is 18.7 Å². The third-order valence-corrected chi connectivity index (χ3v) is 13.3. The second-order valence-corrected chi connectivity index (χ2v) is 19.7. The minimum Gasteiger partial charge on any atom is -0.457 e. The Bertz CT molecular complexity index is 2730. The summed E-state index contributed by atoms with van der Waals surface area (Å²) in [5, 5.41) is 9.52. The Kier molecular flexibility index (Phi) is 15.1. The number of imide groups is 1. The summed E-state index contributed by atoms with van der Waals surface area (Å²) in [6.45, 7) is 9.28. The van der Waals surface area contributed by atoms with Gasteiger partial charge in [-0.1, -0.05) is 93.4 Å². The maximum atomic E-state index is 14.1. The molecule has 0 saturated carbocycles. The zero-order valence-electron chi connectivity index (χ0n) is 38.9. The number of benzene rings is 2. The van der Waals surface area contributed by atoms with Gasteiger partial charge in [-0.3, -0.25) is 38.5 Å². The Hall–Kier alpha value is -6.49. The van der Waals surface area contributed by atoms with Gasteiger partial charge >= 0.3 is 11.9 Å². The quantitative estimate of drug-likeness (QED) is 0.0491. The fourth-order valence-electron chi connectivity index (χ4n) is 8.94. The Morgan fingerprint density at radius 3 is 2.35 bits per heavy atom. The van der Waals surface area contributed by atoms with Crippen LogP contribution in [-0.4, -0.2) is 81.1 Å². The number of pyridine rings is 2. The molecule has 0 spiro atoms. The van der Waals surface area contributed by atoms with Gasteiger partial charge in [-0.15, -0.1) is 0 Å². The third-order valence-electron chi connectivity index (χ3n) is 12.6.